The number of nitrogens with zero attached hydrogens (tertiary/aromatic N) is 1. The first kappa shape index (κ1) is 18.4. The Morgan fingerprint density at radius 1 is 1.20 bits per heavy atom. The molecule has 0 aliphatic rings. The number of carbonyl (C=O) groups is 2. The Kier molecular flexibility index (Phi) is 6.06. The number of benzene rings is 1. The third-order valence-electron chi connectivity index (χ3n) is 3.73. The van der Waals surface area contributed by atoms with Gasteiger partial charge in [-0.15, -0.1) is 0 Å². The maximum Gasteiger partial charge on any atom is 0.343 e. The Hall–Kier alpha value is -2.95. The van der Waals surface area contributed by atoms with Crippen molar-refractivity contribution in [2.45, 2.75) is 27.7 Å². The van der Waals surface area contributed by atoms with Crippen LogP contribution in [0.15, 0.2) is 48.4 Å². The zero-order valence-electron chi connectivity index (χ0n) is 14.9. The first-order chi connectivity index (χ1) is 11.9. The summed E-state index contributed by atoms with van der Waals surface area (Å²) in [5.41, 5.74) is 5.10. The van der Waals surface area contributed by atoms with Gasteiger partial charge < -0.3 is 10.1 Å². The van der Waals surface area contributed by atoms with Crippen LogP contribution in [0.1, 0.15) is 25.0 Å². The largest absolute Gasteiger partial charge is 0.462 e. The molecule has 0 atom stereocenters. The molecule has 0 unspecified atom stereocenters. The van der Waals surface area contributed by atoms with E-state index in [0.717, 1.165) is 27.9 Å². The zero-order chi connectivity index (χ0) is 18.4. The molecule has 25 heavy (non-hydrogen) atoms. The summed E-state index contributed by atoms with van der Waals surface area (Å²) in [6, 6.07) is 7.77. The van der Waals surface area contributed by atoms with Crippen LogP contribution < -0.4 is 5.32 Å². The van der Waals surface area contributed by atoms with Gasteiger partial charge in [-0.05, 0) is 62.1 Å². The Morgan fingerprint density at radius 2 is 1.88 bits per heavy atom. The van der Waals surface area contributed by atoms with Crippen LogP contribution in [0.3, 0.4) is 0 Å². The van der Waals surface area contributed by atoms with Crippen LogP contribution in [0.2, 0.25) is 0 Å². The first-order valence-corrected chi connectivity index (χ1v) is 8.10. The fourth-order valence-electron chi connectivity index (χ4n) is 2.59. The summed E-state index contributed by atoms with van der Waals surface area (Å²) in [6.07, 6.45) is 5.06. The maximum absolute atomic E-state index is 11.8. The number of rotatable bonds is 6. The van der Waals surface area contributed by atoms with Crippen LogP contribution in [-0.4, -0.2) is 23.3 Å². The molecule has 0 amide bonds. The molecule has 1 aromatic carbocycles. The van der Waals surface area contributed by atoms with Gasteiger partial charge in [0.15, 0.2) is 5.78 Å². The van der Waals surface area contributed by atoms with Crippen LogP contribution >= 0.6 is 0 Å². The fourth-order valence-corrected chi connectivity index (χ4v) is 2.59. The quantitative estimate of drug-likeness (QED) is 0.375. The molecule has 5 heteroatoms. The number of ketones is 1. The average molecular weight is 338 g/mol. The Bertz CT molecular complexity index is 805. The van der Waals surface area contributed by atoms with E-state index in [1.165, 1.54) is 13.1 Å². The summed E-state index contributed by atoms with van der Waals surface area (Å²) < 4.78 is 4.90. The molecule has 130 valence electrons. The molecule has 1 N–H and O–H groups in total. The van der Waals surface area contributed by atoms with Crippen molar-refractivity contribution < 1.29 is 14.3 Å². The lowest BCUT2D eigenvalue weighted by Crippen LogP contribution is -2.15. The van der Waals surface area contributed by atoms with E-state index in [0.29, 0.717) is 0 Å². The molecule has 2 rings (SSSR count). The lowest BCUT2D eigenvalue weighted by molar-refractivity contribution is -0.139. The topological polar surface area (TPSA) is 68.3 Å². The van der Waals surface area contributed by atoms with Crippen molar-refractivity contribution in [3.05, 3.63) is 59.6 Å². The molecule has 0 saturated heterocycles. The van der Waals surface area contributed by atoms with Crippen molar-refractivity contribution in [3.8, 4) is 11.1 Å². The van der Waals surface area contributed by atoms with Gasteiger partial charge in [0.2, 0.25) is 0 Å². The molecule has 0 saturated carbocycles. The summed E-state index contributed by atoms with van der Waals surface area (Å²) in [5, 5.41) is 3.02. The molecule has 5 nitrogen and oxygen atoms in total. The SMILES string of the molecule is CCOC(=O)/C(=C\Nc1cccc(-c2c(C)cncc2C)c1)C(C)=O. The molecule has 0 radical (unpaired) electrons. The van der Waals surface area contributed by atoms with Crippen LogP contribution in [0.25, 0.3) is 11.1 Å². The average Bonchev–Trinajstić information content (AvgIpc) is 2.55. The van der Waals surface area contributed by atoms with E-state index in [4.69, 9.17) is 4.74 Å². The van der Waals surface area contributed by atoms with Crippen molar-refractivity contribution in [1.29, 1.82) is 0 Å². The van der Waals surface area contributed by atoms with Crippen molar-refractivity contribution in [1.82, 2.24) is 4.98 Å². The second kappa shape index (κ2) is 8.24. The molecule has 1 aromatic heterocycles. The number of Topliss-reactive ketones (excluding diaryl/α,β-unsaturated/α-hetero) is 1. The number of hydrogen-bond acceptors (Lipinski definition) is 5. The molecule has 0 aliphatic heterocycles. The van der Waals surface area contributed by atoms with E-state index in [1.807, 2.05) is 50.5 Å². The van der Waals surface area contributed by atoms with E-state index >= 15 is 0 Å². The highest BCUT2D eigenvalue weighted by Gasteiger charge is 2.15. The smallest absolute Gasteiger partial charge is 0.343 e. The minimum atomic E-state index is -0.625. The third kappa shape index (κ3) is 4.53. The predicted molar refractivity (Wildman–Crippen MR) is 98.2 cm³/mol. The van der Waals surface area contributed by atoms with Gasteiger partial charge in [-0.25, -0.2) is 4.79 Å². The number of esters is 1. The highest BCUT2D eigenvalue weighted by Crippen LogP contribution is 2.28. The fraction of sp³-hybridized carbons (Fsp3) is 0.250. The normalized spacial score (nSPS) is 11.1. The number of anilines is 1. The number of ether oxygens (including phenoxy) is 1. The summed E-state index contributed by atoms with van der Waals surface area (Å²) in [5.74, 6) is -0.970. The second-order valence-electron chi connectivity index (χ2n) is 5.71. The van der Waals surface area contributed by atoms with Gasteiger partial charge in [0.05, 0.1) is 6.61 Å². The molecule has 0 bridgehead atoms. The van der Waals surface area contributed by atoms with E-state index in [2.05, 4.69) is 10.3 Å². The van der Waals surface area contributed by atoms with Crippen molar-refractivity contribution in [2.75, 3.05) is 11.9 Å². The van der Waals surface area contributed by atoms with Crippen LogP contribution in [0.4, 0.5) is 5.69 Å². The summed E-state index contributed by atoms with van der Waals surface area (Å²) in [7, 11) is 0. The van der Waals surface area contributed by atoms with Crippen LogP contribution in [0.5, 0.6) is 0 Å². The second-order valence-corrected chi connectivity index (χ2v) is 5.71. The van der Waals surface area contributed by atoms with Gasteiger partial charge in [0.25, 0.3) is 0 Å². The van der Waals surface area contributed by atoms with E-state index in [9.17, 15) is 9.59 Å². The zero-order valence-corrected chi connectivity index (χ0v) is 14.9. The number of nitrogens with one attached hydrogen (secondary N) is 1. The van der Waals surface area contributed by atoms with Crippen molar-refractivity contribution in [2.24, 2.45) is 0 Å². The van der Waals surface area contributed by atoms with Crippen LogP contribution in [-0.2, 0) is 14.3 Å². The van der Waals surface area contributed by atoms with Gasteiger partial charge in [-0.1, -0.05) is 12.1 Å². The number of pyridine rings is 1. The van der Waals surface area contributed by atoms with Gasteiger partial charge in [-0.2, -0.15) is 0 Å². The number of aromatic nitrogens is 1. The van der Waals surface area contributed by atoms with Gasteiger partial charge in [-0.3, -0.25) is 9.78 Å². The summed E-state index contributed by atoms with van der Waals surface area (Å²) in [4.78, 5) is 27.7. The van der Waals surface area contributed by atoms with E-state index < -0.39 is 5.97 Å². The molecule has 0 aliphatic carbocycles. The minimum Gasteiger partial charge on any atom is -0.462 e. The Labute approximate surface area is 147 Å². The number of carbonyl (C=O) groups excluding carboxylic acids is 2. The lowest BCUT2D eigenvalue weighted by atomic mass is 9.98. The van der Waals surface area contributed by atoms with Crippen molar-refractivity contribution in [3.63, 3.8) is 0 Å². The van der Waals surface area contributed by atoms with Crippen molar-refractivity contribution >= 4 is 17.4 Å². The molecular formula is C20H22N2O3. The minimum absolute atomic E-state index is 0.0106. The molecule has 2 aromatic rings. The highest BCUT2D eigenvalue weighted by molar-refractivity contribution is 6.16. The third-order valence-corrected chi connectivity index (χ3v) is 3.73. The highest BCUT2D eigenvalue weighted by atomic mass is 16.5. The van der Waals surface area contributed by atoms with Crippen LogP contribution in [0, 0.1) is 13.8 Å². The Balaban J connectivity index is 2.31. The maximum atomic E-state index is 11.8. The molecular weight excluding hydrogens is 316 g/mol. The summed E-state index contributed by atoms with van der Waals surface area (Å²) in [6.45, 7) is 7.30. The van der Waals surface area contributed by atoms with Gasteiger partial charge in [0.1, 0.15) is 5.57 Å². The molecule has 0 spiro atoms. The van der Waals surface area contributed by atoms with E-state index in [1.54, 1.807) is 6.92 Å². The molecule has 0 fully saturated rings. The Morgan fingerprint density at radius 3 is 2.48 bits per heavy atom. The monoisotopic (exact) mass is 338 g/mol. The van der Waals surface area contributed by atoms with E-state index in [-0.39, 0.29) is 18.0 Å². The standard InChI is InChI=1S/C20H22N2O3/c1-5-25-20(24)18(15(4)23)12-22-17-8-6-7-16(9-17)19-13(2)10-21-11-14(19)3/h6-12,22H,5H2,1-4H3/b18-12-. The van der Waals surface area contributed by atoms with Gasteiger partial charge >= 0.3 is 5.97 Å². The summed E-state index contributed by atoms with van der Waals surface area (Å²) >= 11 is 0. The molecule has 1 heterocycles. The first-order valence-electron chi connectivity index (χ1n) is 8.10. The lowest BCUT2D eigenvalue weighted by Gasteiger charge is -2.11. The number of aryl methyl sites for hydroxylation is 2. The van der Waals surface area contributed by atoms with Gasteiger partial charge in [0, 0.05) is 24.3 Å². The number of hydrogen-bond donors (Lipinski definition) is 1. The predicted octanol–water partition coefficient (Wildman–Crippen LogP) is 3.81.